The zero-order chi connectivity index (χ0) is 50.1. The van der Waals surface area contributed by atoms with E-state index in [0.717, 1.165) is 0 Å². The van der Waals surface area contributed by atoms with Crippen molar-refractivity contribution in [3.05, 3.63) is 291 Å². The fraction of sp³-hybridized carbons (Fsp3) is 0. The maximum atomic E-state index is 2.51. The van der Waals surface area contributed by atoms with Gasteiger partial charge in [0.1, 0.15) is 0 Å². The molecule has 0 N–H and O–H groups in total. The van der Waals surface area contributed by atoms with Gasteiger partial charge in [-0.3, -0.25) is 0 Å². The second-order valence-corrected chi connectivity index (χ2v) is 20.2. The van der Waals surface area contributed by atoms with E-state index >= 15 is 0 Å². The van der Waals surface area contributed by atoms with E-state index in [4.69, 9.17) is 0 Å². The second-order valence-electron chi connectivity index (χ2n) is 20.2. The largest absolute Gasteiger partial charge is 0.0622 e. The van der Waals surface area contributed by atoms with Crippen LogP contribution in [0.25, 0.3) is 154 Å². The molecule has 352 valence electrons. The summed E-state index contributed by atoms with van der Waals surface area (Å²) in [6.45, 7) is 0. The van der Waals surface area contributed by atoms with E-state index in [1.165, 1.54) is 154 Å². The summed E-state index contributed by atoms with van der Waals surface area (Å²) in [4.78, 5) is 0. The molecule has 0 aliphatic rings. The molecule has 76 heavy (non-hydrogen) atoms. The fourth-order valence-corrected chi connectivity index (χ4v) is 12.6. The molecule has 0 bridgehead atoms. The van der Waals surface area contributed by atoms with E-state index in [1.54, 1.807) is 0 Å². The average molecular weight is 961 g/mol. The molecule has 0 aliphatic heterocycles. The third kappa shape index (κ3) is 7.07. The Bertz CT molecular complexity index is 4550. The molecular formula is C76H48. The van der Waals surface area contributed by atoms with Crippen LogP contribution in [0.1, 0.15) is 0 Å². The molecule has 15 aromatic rings. The minimum absolute atomic E-state index is 1.19. The Labute approximate surface area is 442 Å². The molecule has 0 unspecified atom stereocenters. The molecule has 0 radical (unpaired) electrons. The number of benzene rings is 15. The van der Waals surface area contributed by atoms with Gasteiger partial charge in [0.25, 0.3) is 0 Å². The summed E-state index contributed by atoms with van der Waals surface area (Å²) >= 11 is 0. The first-order valence-electron chi connectivity index (χ1n) is 26.4. The van der Waals surface area contributed by atoms with Crippen LogP contribution in [0.3, 0.4) is 0 Å². The Morgan fingerprint density at radius 1 is 0.118 bits per heavy atom. The summed E-state index contributed by atoms with van der Waals surface area (Å²) in [5, 5.41) is 15.0. The SMILES string of the molecule is c1ccc(-c2ccc(-c3cc(-c4ccc(-c5ccccc5)c5ccccc45)c4ccc5c(-c6ccc(-c7ccccc7)c7ccccc67)cc(-c6ccc(-c7ccccc7)c7ccccc67)c6ccc3c4c65)cc2)cc1. The van der Waals surface area contributed by atoms with Gasteiger partial charge in [-0.2, -0.15) is 0 Å². The van der Waals surface area contributed by atoms with E-state index < -0.39 is 0 Å². The maximum Gasteiger partial charge on any atom is -0.00139 e. The molecule has 15 aromatic carbocycles. The van der Waals surface area contributed by atoms with Gasteiger partial charge in [-0.1, -0.05) is 279 Å². The predicted molar refractivity (Wildman–Crippen MR) is 326 cm³/mol. The van der Waals surface area contributed by atoms with Crippen LogP contribution in [-0.4, -0.2) is 0 Å². The van der Waals surface area contributed by atoms with Crippen molar-refractivity contribution in [1.29, 1.82) is 0 Å². The molecule has 0 aliphatic carbocycles. The smallest absolute Gasteiger partial charge is 0.00139 e. The topological polar surface area (TPSA) is 0 Å². The van der Waals surface area contributed by atoms with Gasteiger partial charge in [0.05, 0.1) is 0 Å². The van der Waals surface area contributed by atoms with Crippen LogP contribution in [0.2, 0.25) is 0 Å². The molecule has 0 nitrogen and oxygen atoms in total. The summed E-state index contributed by atoms with van der Waals surface area (Å²) in [7, 11) is 0. The molecule has 0 heteroatoms. The van der Waals surface area contributed by atoms with Crippen LogP contribution >= 0.6 is 0 Å². The van der Waals surface area contributed by atoms with Gasteiger partial charge in [-0.25, -0.2) is 0 Å². The van der Waals surface area contributed by atoms with E-state index in [-0.39, 0.29) is 0 Å². The van der Waals surface area contributed by atoms with Crippen molar-refractivity contribution in [2.45, 2.75) is 0 Å². The highest BCUT2D eigenvalue weighted by atomic mass is 14.3. The number of fused-ring (bicyclic) bond motifs is 3. The zero-order valence-electron chi connectivity index (χ0n) is 41.7. The lowest BCUT2D eigenvalue weighted by molar-refractivity contribution is 1.60. The van der Waals surface area contributed by atoms with E-state index in [0.29, 0.717) is 0 Å². The van der Waals surface area contributed by atoms with Crippen LogP contribution in [0, 0.1) is 0 Å². The Morgan fingerprint density at radius 2 is 0.342 bits per heavy atom. The standard InChI is InChI=1S/C76H48/c1-5-19-49(20-6-1)50-33-35-54(36-34-50)71-47-72(64-40-37-55(51-21-7-2-8-22-51)58-27-13-16-30-61(58)64)68-45-46-70-74(66-42-39-57(53-25-11-4-12-26-53)60-29-15-18-32-63(60)66)48-73(69-44-43-67(71)75(68)76(69)70)65-41-38-56(52-23-9-3-10-24-52)59-28-14-17-31-62(59)65/h1-48H. The summed E-state index contributed by atoms with van der Waals surface area (Å²) in [5.41, 5.74) is 19.5. The number of hydrogen-bond donors (Lipinski definition) is 0. The lowest BCUT2D eigenvalue weighted by Crippen LogP contribution is -1.96. The molecule has 0 aromatic heterocycles. The van der Waals surface area contributed by atoms with Crippen LogP contribution in [0.4, 0.5) is 0 Å². The van der Waals surface area contributed by atoms with Crippen molar-refractivity contribution in [3.8, 4) is 89.0 Å². The first-order valence-corrected chi connectivity index (χ1v) is 26.4. The Kier molecular flexibility index (Phi) is 10.3. The van der Waals surface area contributed by atoms with Crippen LogP contribution in [0.15, 0.2) is 291 Å². The van der Waals surface area contributed by atoms with E-state index in [9.17, 15) is 0 Å². The van der Waals surface area contributed by atoms with Gasteiger partial charge in [0, 0.05) is 0 Å². The first-order chi connectivity index (χ1) is 37.7. The van der Waals surface area contributed by atoms with Crippen LogP contribution in [0.5, 0.6) is 0 Å². The van der Waals surface area contributed by atoms with Gasteiger partial charge in [0.15, 0.2) is 0 Å². The predicted octanol–water partition coefficient (Wildman–Crippen LogP) is 21.4. The molecule has 15 rings (SSSR count). The lowest BCUT2D eigenvalue weighted by Gasteiger charge is -2.23. The van der Waals surface area contributed by atoms with Crippen LogP contribution < -0.4 is 0 Å². The monoisotopic (exact) mass is 960 g/mol. The van der Waals surface area contributed by atoms with Gasteiger partial charge in [-0.15, -0.1) is 0 Å². The molecule has 0 fully saturated rings. The van der Waals surface area contributed by atoms with E-state index in [2.05, 4.69) is 291 Å². The van der Waals surface area contributed by atoms with Crippen molar-refractivity contribution in [1.82, 2.24) is 0 Å². The Balaban J connectivity index is 1.07. The number of rotatable bonds is 8. The van der Waals surface area contributed by atoms with Crippen molar-refractivity contribution in [2.75, 3.05) is 0 Å². The molecule has 0 amide bonds. The summed E-state index contributed by atoms with van der Waals surface area (Å²) in [6.07, 6.45) is 0. The maximum absolute atomic E-state index is 2.51. The van der Waals surface area contributed by atoms with Gasteiger partial charge in [-0.05, 0) is 166 Å². The van der Waals surface area contributed by atoms with Gasteiger partial charge in [0.2, 0.25) is 0 Å². The van der Waals surface area contributed by atoms with E-state index in [1.807, 2.05) is 0 Å². The highest BCUT2D eigenvalue weighted by Gasteiger charge is 2.24. The highest BCUT2D eigenvalue weighted by Crippen LogP contribution is 2.52. The summed E-state index contributed by atoms with van der Waals surface area (Å²) < 4.78 is 0. The fourth-order valence-electron chi connectivity index (χ4n) is 12.6. The lowest BCUT2D eigenvalue weighted by atomic mass is 9.80. The van der Waals surface area contributed by atoms with Crippen molar-refractivity contribution in [3.63, 3.8) is 0 Å². The minimum Gasteiger partial charge on any atom is -0.0622 e. The Morgan fingerprint density at radius 3 is 0.684 bits per heavy atom. The number of hydrogen-bond acceptors (Lipinski definition) is 0. The quantitative estimate of drug-likeness (QED) is 0.133. The zero-order valence-corrected chi connectivity index (χ0v) is 41.7. The molecular weight excluding hydrogens is 913 g/mol. The van der Waals surface area contributed by atoms with Gasteiger partial charge < -0.3 is 0 Å². The molecule has 0 saturated heterocycles. The van der Waals surface area contributed by atoms with Crippen LogP contribution in [-0.2, 0) is 0 Å². The van der Waals surface area contributed by atoms with Crippen molar-refractivity contribution in [2.24, 2.45) is 0 Å². The normalized spacial score (nSPS) is 11.7. The van der Waals surface area contributed by atoms with Crippen molar-refractivity contribution < 1.29 is 0 Å². The summed E-state index contributed by atoms with van der Waals surface area (Å²) in [5.74, 6) is 0. The minimum atomic E-state index is 1.19. The third-order valence-electron chi connectivity index (χ3n) is 16.1. The molecule has 0 saturated carbocycles. The third-order valence-corrected chi connectivity index (χ3v) is 16.1. The average Bonchev–Trinajstić information content (AvgIpc) is 3.65. The molecule has 0 heterocycles. The molecule has 0 atom stereocenters. The molecule has 0 spiro atoms. The first kappa shape index (κ1) is 43.7. The summed E-state index contributed by atoms with van der Waals surface area (Å²) in [6, 6.07) is 108. The Hall–Kier alpha value is -9.88. The van der Waals surface area contributed by atoms with Crippen molar-refractivity contribution >= 4 is 64.6 Å². The van der Waals surface area contributed by atoms with Gasteiger partial charge >= 0.3 is 0 Å². The highest BCUT2D eigenvalue weighted by molar-refractivity contribution is 6.33. The second kappa shape index (κ2) is 18.0.